The van der Waals surface area contributed by atoms with E-state index in [4.69, 9.17) is 5.10 Å². The fraction of sp³-hybridized carbons (Fsp3) is 0.286. The van der Waals surface area contributed by atoms with E-state index in [-0.39, 0.29) is 12.4 Å². The summed E-state index contributed by atoms with van der Waals surface area (Å²) in [7, 11) is 4.30. The van der Waals surface area contributed by atoms with Crippen LogP contribution in [-0.2, 0) is 0 Å². The molecule has 0 saturated carbocycles. The number of fused-ring (bicyclic) bond motifs is 1. The summed E-state index contributed by atoms with van der Waals surface area (Å²) in [6.07, 6.45) is 2.29. The number of hydrogen-bond donors (Lipinski definition) is 0. The number of hydrazone groups is 1. The Balaban J connectivity index is 0.00000182. The van der Waals surface area contributed by atoms with Crippen LogP contribution in [0.1, 0.15) is 17.2 Å². The average molecular weight is 354 g/mol. The molecule has 3 nitrogen and oxygen atoms in total. The number of rotatable bonds is 2. The molecule has 0 unspecified atom stereocenters. The molecule has 0 bridgehead atoms. The van der Waals surface area contributed by atoms with Gasteiger partial charge in [0.1, 0.15) is 0 Å². The lowest BCUT2D eigenvalue weighted by atomic mass is 9.83. The van der Waals surface area contributed by atoms with Gasteiger partial charge in [-0.05, 0) is 29.8 Å². The number of piperidine rings is 1. The van der Waals surface area contributed by atoms with Gasteiger partial charge in [-0.25, -0.2) is 0 Å². The van der Waals surface area contributed by atoms with E-state index in [1.54, 1.807) is 0 Å². The molecule has 0 radical (unpaired) electrons. The normalized spacial score (nSPS) is 24.6. The van der Waals surface area contributed by atoms with Crippen molar-refractivity contribution in [3.63, 3.8) is 0 Å². The summed E-state index contributed by atoms with van der Waals surface area (Å²) in [4.78, 5) is 2.41. The lowest BCUT2D eigenvalue weighted by molar-refractivity contribution is 0.211. The molecule has 4 rings (SSSR count). The number of halogens is 1. The second-order valence-electron chi connectivity index (χ2n) is 6.80. The van der Waals surface area contributed by atoms with Crippen LogP contribution in [0.4, 0.5) is 0 Å². The van der Waals surface area contributed by atoms with Gasteiger partial charge in [-0.1, -0.05) is 60.7 Å². The number of benzene rings is 2. The van der Waals surface area contributed by atoms with Gasteiger partial charge in [-0.2, -0.15) is 5.10 Å². The van der Waals surface area contributed by atoms with Gasteiger partial charge in [0.15, 0.2) is 0 Å². The molecule has 1 fully saturated rings. The highest BCUT2D eigenvalue weighted by Gasteiger charge is 2.41. The van der Waals surface area contributed by atoms with Crippen molar-refractivity contribution in [2.75, 3.05) is 27.2 Å². The zero-order chi connectivity index (χ0) is 16.5. The van der Waals surface area contributed by atoms with Crippen molar-refractivity contribution in [3.8, 4) is 0 Å². The SMILES string of the molecule is CN1C/C(=C\c2ccccc2)C2=NN(C)[C@@H](c3ccccc3)[C@@H]2C1.Cl. The highest BCUT2D eigenvalue weighted by molar-refractivity contribution is 6.07. The lowest BCUT2D eigenvalue weighted by Gasteiger charge is -2.34. The Labute approximate surface area is 156 Å². The van der Waals surface area contributed by atoms with Gasteiger partial charge in [-0.3, -0.25) is 5.01 Å². The Morgan fingerprint density at radius 1 is 0.960 bits per heavy atom. The van der Waals surface area contributed by atoms with Crippen LogP contribution in [0.25, 0.3) is 6.08 Å². The quantitative estimate of drug-likeness (QED) is 0.809. The monoisotopic (exact) mass is 353 g/mol. The fourth-order valence-corrected chi connectivity index (χ4v) is 3.95. The number of nitrogens with zero attached hydrogens (tertiary/aromatic N) is 3. The molecule has 2 aliphatic rings. The predicted molar refractivity (Wildman–Crippen MR) is 107 cm³/mol. The van der Waals surface area contributed by atoms with Crippen molar-refractivity contribution >= 4 is 24.2 Å². The first-order valence-corrected chi connectivity index (χ1v) is 8.53. The van der Waals surface area contributed by atoms with Crippen molar-refractivity contribution in [2.45, 2.75) is 6.04 Å². The van der Waals surface area contributed by atoms with Gasteiger partial charge in [0, 0.05) is 26.1 Å². The van der Waals surface area contributed by atoms with E-state index in [0.717, 1.165) is 13.1 Å². The van der Waals surface area contributed by atoms with E-state index >= 15 is 0 Å². The van der Waals surface area contributed by atoms with Crippen LogP contribution >= 0.6 is 12.4 Å². The fourth-order valence-electron chi connectivity index (χ4n) is 3.95. The predicted octanol–water partition coefficient (Wildman–Crippen LogP) is 4.10. The molecule has 2 aliphatic heterocycles. The van der Waals surface area contributed by atoms with Crippen LogP contribution in [0.5, 0.6) is 0 Å². The minimum absolute atomic E-state index is 0. The van der Waals surface area contributed by atoms with E-state index in [0.29, 0.717) is 12.0 Å². The first-order valence-electron chi connectivity index (χ1n) is 8.53. The molecule has 2 aromatic carbocycles. The van der Waals surface area contributed by atoms with Crippen LogP contribution in [-0.4, -0.2) is 42.8 Å². The summed E-state index contributed by atoms with van der Waals surface area (Å²) in [6, 6.07) is 21.6. The molecule has 0 N–H and O–H groups in total. The minimum atomic E-state index is 0. The second-order valence-corrected chi connectivity index (χ2v) is 6.80. The Morgan fingerprint density at radius 3 is 2.28 bits per heavy atom. The summed E-state index contributed by atoms with van der Waals surface area (Å²) in [5, 5.41) is 7.08. The Bertz CT molecular complexity index is 770. The molecular formula is C21H24ClN3. The molecule has 0 spiro atoms. The maximum Gasteiger partial charge on any atom is 0.0813 e. The van der Waals surface area contributed by atoms with Crippen LogP contribution < -0.4 is 0 Å². The zero-order valence-electron chi connectivity index (χ0n) is 14.7. The Hall–Kier alpha value is -2.10. The summed E-state index contributed by atoms with van der Waals surface area (Å²) in [5.74, 6) is 0.422. The number of likely N-dealkylation sites (tertiary alicyclic amines) is 1. The number of likely N-dealkylation sites (N-methyl/N-ethyl adjacent to an activating group) is 1. The molecule has 0 amide bonds. The van der Waals surface area contributed by atoms with Gasteiger partial charge in [0.05, 0.1) is 11.8 Å². The second kappa shape index (κ2) is 7.42. The zero-order valence-corrected chi connectivity index (χ0v) is 15.5. The molecule has 1 saturated heterocycles. The van der Waals surface area contributed by atoms with E-state index in [1.165, 1.54) is 22.4 Å². The maximum absolute atomic E-state index is 4.94. The summed E-state index contributed by atoms with van der Waals surface area (Å²) in [5.41, 5.74) is 5.19. The molecule has 130 valence electrons. The van der Waals surface area contributed by atoms with Crippen LogP contribution in [0.15, 0.2) is 71.3 Å². The van der Waals surface area contributed by atoms with Gasteiger partial charge in [0.2, 0.25) is 0 Å². The van der Waals surface area contributed by atoms with Gasteiger partial charge in [-0.15, -0.1) is 12.4 Å². The average Bonchev–Trinajstić information content (AvgIpc) is 2.93. The third kappa shape index (κ3) is 3.48. The van der Waals surface area contributed by atoms with Gasteiger partial charge in [0.25, 0.3) is 0 Å². The topological polar surface area (TPSA) is 18.8 Å². The van der Waals surface area contributed by atoms with Gasteiger partial charge >= 0.3 is 0 Å². The standard InChI is InChI=1S/C21H23N3.ClH/c1-23-14-18(13-16-9-5-3-6-10-16)20-19(15-23)21(24(2)22-20)17-11-7-4-8-12-17;/h3-13,19,21H,14-15H2,1-2H3;1H/b18-13+;/t19-,21+;/m1./s1. The third-order valence-electron chi connectivity index (χ3n) is 4.96. The molecule has 2 heterocycles. The first kappa shape index (κ1) is 17.7. The lowest BCUT2D eigenvalue weighted by Crippen LogP contribution is -2.41. The largest absolute Gasteiger partial charge is 0.301 e. The maximum atomic E-state index is 4.94. The highest BCUT2D eigenvalue weighted by atomic mass is 35.5. The van der Waals surface area contributed by atoms with E-state index in [9.17, 15) is 0 Å². The highest BCUT2D eigenvalue weighted by Crippen LogP contribution is 2.39. The van der Waals surface area contributed by atoms with Gasteiger partial charge < -0.3 is 4.90 Å². The molecule has 2 atom stereocenters. The number of hydrogen-bond acceptors (Lipinski definition) is 3. The molecular weight excluding hydrogens is 330 g/mol. The Kier molecular flexibility index (Phi) is 5.26. The van der Waals surface area contributed by atoms with Crippen molar-refractivity contribution in [2.24, 2.45) is 11.0 Å². The molecule has 4 heteroatoms. The summed E-state index contributed by atoms with van der Waals surface area (Å²) >= 11 is 0. The smallest absolute Gasteiger partial charge is 0.0813 e. The van der Waals surface area contributed by atoms with E-state index in [1.807, 2.05) is 0 Å². The Morgan fingerprint density at radius 2 is 1.60 bits per heavy atom. The minimum Gasteiger partial charge on any atom is -0.301 e. The third-order valence-corrected chi connectivity index (χ3v) is 4.96. The van der Waals surface area contributed by atoms with Crippen LogP contribution in [0, 0.1) is 5.92 Å². The first-order chi connectivity index (χ1) is 11.7. The van der Waals surface area contributed by atoms with E-state index in [2.05, 4.69) is 90.7 Å². The van der Waals surface area contributed by atoms with Crippen LogP contribution in [0.3, 0.4) is 0 Å². The van der Waals surface area contributed by atoms with Crippen molar-refractivity contribution in [1.29, 1.82) is 0 Å². The molecule has 2 aromatic rings. The van der Waals surface area contributed by atoms with Crippen molar-refractivity contribution in [1.82, 2.24) is 9.91 Å². The van der Waals surface area contributed by atoms with Crippen molar-refractivity contribution in [3.05, 3.63) is 77.4 Å². The van der Waals surface area contributed by atoms with Crippen molar-refractivity contribution < 1.29 is 0 Å². The summed E-state index contributed by atoms with van der Waals surface area (Å²) < 4.78 is 0. The molecule has 0 aliphatic carbocycles. The van der Waals surface area contributed by atoms with E-state index < -0.39 is 0 Å². The molecule has 0 aromatic heterocycles. The molecule has 25 heavy (non-hydrogen) atoms. The van der Waals surface area contributed by atoms with Crippen LogP contribution in [0.2, 0.25) is 0 Å². The summed E-state index contributed by atoms with van der Waals surface area (Å²) in [6.45, 7) is 2.01.